The quantitative estimate of drug-likeness (QED) is 0.860. The van der Waals surface area contributed by atoms with Gasteiger partial charge in [-0.25, -0.2) is 0 Å². The molecule has 0 radical (unpaired) electrons. The summed E-state index contributed by atoms with van der Waals surface area (Å²) in [4.78, 5) is 13.9. The topological polar surface area (TPSA) is 74.2 Å². The fourth-order valence-electron chi connectivity index (χ4n) is 1.61. The third-order valence-corrected chi connectivity index (χ3v) is 2.51. The lowest BCUT2D eigenvalue weighted by atomic mass is 9.89. The second-order valence-electron chi connectivity index (χ2n) is 5.92. The predicted molar refractivity (Wildman–Crippen MR) is 77.7 cm³/mol. The van der Waals surface area contributed by atoms with Crippen LogP contribution in [0.3, 0.4) is 0 Å². The molecule has 0 aliphatic carbocycles. The lowest BCUT2D eigenvalue weighted by Gasteiger charge is -2.22. The Labute approximate surface area is 119 Å². The van der Waals surface area contributed by atoms with Crippen LogP contribution in [-0.4, -0.2) is 46.8 Å². The molecule has 108 valence electrons. The zero-order chi connectivity index (χ0) is 14.6. The summed E-state index contributed by atoms with van der Waals surface area (Å²) in [5.41, 5.74) is 0.0760. The molecule has 1 aromatic heterocycles. The monoisotopic (exact) mass is 287 g/mol. The number of rotatable bonds is 5. The predicted octanol–water partition coefficient (Wildman–Crippen LogP) is 1.80. The summed E-state index contributed by atoms with van der Waals surface area (Å²) in [6, 6.07) is 0. The summed E-state index contributed by atoms with van der Waals surface area (Å²) in [5.74, 6) is 0.851. The van der Waals surface area contributed by atoms with Crippen molar-refractivity contribution in [2.45, 2.75) is 33.3 Å². The molecule has 0 bridgehead atoms. The number of hydrogen-bond donors (Lipinski definition) is 2. The van der Waals surface area contributed by atoms with E-state index in [0.29, 0.717) is 24.9 Å². The molecule has 2 N–H and O–H groups in total. The molecule has 6 nitrogen and oxygen atoms in total. The maximum absolute atomic E-state index is 9.92. The van der Waals surface area contributed by atoms with Gasteiger partial charge in [0.15, 0.2) is 0 Å². The SMILES string of the molecule is CN(C)c1nc(Cl)nc(NCC(O)CC(C)(C)C)n1. The molecule has 0 amide bonds. The molecule has 7 heteroatoms. The van der Waals surface area contributed by atoms with Crippen molar-refractivity contribution in [1.82, 2.24) is 15.0 Å². The first-order chi connectivity index (χ1) is 8.67. The van der Waals surface area contributed by atoms with Gasteiger partial charge in [-0.2, -0.15) is 15.0 Å². The maximum atomic E-state index is 9.92. The van der Waals surface area contributed by atoms with Gasteiger partial charge < -0.3 is 15.3 Å². The second-order valence-corrected chi connectivity index (χ2v) is 6.26. The standard InChI is InChI=1S/C12H22ClN5O/c1-12(2,3)6-8(19)7-14-10-15-9(13)16-11(17-10)18(4)5/h8,19H,6-7H2,1-5H3,(H,14,15,16,17). The van der Waals surface area contributed by atoms with Crippen LogP contribution >= 0.6 is 11.6 Å². The fourth-order valence-corrected chi connectivity index (χ4v) is 1.76. The van der Waals surface area contributed by atoms with E-state index >= 15 is 0 Å². The van der Waals surface area contributed by atoms with Crippen molar-refractivity contribution in [3.05, 3.63) is 5.28 Å². The molecule has 0 aliphatic heterocycles. The average Bonchev–Trinajstić information content (AvgIpc) is 2.23. The second kappa shape index (κ2) is 6.34. The van der Waals surface area contributed by atoms with Gasteiger partial charge in [0.1, 0.15) is 0 Å². The van der Waals surface area contributed by atoms with Crippen molar-refractivity contribution in [3.8, 4) is 0 Å². The Morgan fingerprint density at radius 2 is 1.89 bits per heavy atom. The highest BCUT2D eigenvalue weighted by Gasteiger charge is 2.17. The first kappa shape index (κ1) is 15.9. The molecule has 0 fully saturated rings. The van der Waals surface area contributed by atoms with E-state index in [1.54, 1.807) is 4.90 Å². The summed E-state index contributed by atoms with van der Waals surface area (Å²) in [6.07, 6.45) is 0.234. The number of anilines is 2. The number of halogens is 1. The number of nitrogens with one attached hydrogen (secondary N) is 1. The Kier molecular flexibility index (Phi) is 5.31. The molecular weight excluding hydrogens is 266 g/mol. The Morgan fingerprint density at radius 1 is 1.26 bits per heavy atom. The van der Waals surface area contributed by atoms with Gasteiger partial charge in [0.05, 0.1) is 6.10 Å². The van der Waals surface area contributed by atoms with Crippen LogP contribution in [-0.2, 0) is 0 Å². The van der Waals surface area contributed by atoms with Gasteiger partial charge in [0.2, 0.25) is 17.2 Å². The van der Waals surface area contributed by atoms with Gasteiger partial charge in [-0.05, 0) is 23.4 Å². The van der Waals surface area contributed by atoms with Crippen LogP contribution in [0.2, 0.25) is 5.28 Å². The molecule has 0 spiro atoms. The Hall–Kier alpha value is -1.14. The van der Waals surface area contributed by atoms with E-state index in [-0.39, 0.29) is 10.7 Å². The molecule has 1 unspecified atom stereocenters. The zero-order valence-electron chi connectivity index (χ0n) is 12.1. The summed E-state index contributed by atoms with van der Waals surface area (Å²) < 4.78 is 0. The first-order valence-electron chi connectivity index (χ1n) is 6.18. The third kappa shape index (κ3) is 6.02. The molecule has 1 rings (SSSR count). The van der Waals surface area contributed by atoms with Crippen LogP contribution in [0.4, 0.5) is 11.9 Å². The highest BCUT2D eigenvalue weighted by molar-refractivity contribution is 6.28. The summed E-state index contributed by atoms with van der Waals surface area (Å²) in [7, 11) is 3.65. The van der Waals surface area contributed by atoms with Crippen molar-refractivity contribution in [2.24, 2.45) is 5.41 Å². The summed E-state index contributed by atoms with van der Waals surface area (Å²) in [5, 5.41) is 13.0. The van der Waals surface area contributed by atoms with Crippen LogP contribution in [0.1, 0.15) is 27.2 Å². The maximum Gasteiger partial charge on any atom is 0.230 e. The van der Waals surface area contributed by atoms with Gasteiger partial charge in [-0.1, -0.05) is 20.8 Å². The molecule has 0 saturated carbocycles. The van der Waals surface area contributed by atoms with E-state index in [2.05, 4.69) is 41.0 Å². The van der Waals surface area contributed by atoms with Crippen LogP contribution in [0.5, 0.6) is 0 Å². The fraction of sp³-hybridized carbons (Fsp3) is 0.750. The molecule has 0 aromatic carbocycles. The highest BCUT2D eigenvalue weighted by atomic mass is 35.5. The van der Waals surface area contributed by atoms with Crippen molar-refractivity contribution in [2.75, 3.05) is 30.9 Å². The summed E-state index contributed by atoms with van der Waals surface area (Å²) >= 11 is 5.82. The average molecular weight is 288 g/mol. The third-order valence-electron chi connectivity index (χ3n) is 2.34. The lowest BCUT2D eigenvalue weighted by Crippen LogP contribution is -2.26. The van der Waals surface area contributed by atoms with Gasteiger partial charge in [0.25, 0.3) is 0 Å². The number of hydrogen-bond acceptors (Lipinski definition) is 6. The normalized spacial score (nSPS) is 13.2. The highest BCUT2D eigenvalue weighted by Crippen LogP contribution is 2.21. The van der Waals surface area contributed by atoms with E-state index in [1.807, 2.05) is 14.1 Å². The van der Waals surface area contributed by atoms with E-state index in [0.717, 1.165) is 0 Å². The van der Waals surface area contributed by atoms with E-state index in [1.165, 1.54) is 0 Å². The van der Waals surface area contributed by atoms with E-state index in [9.17, 15) is 5.11 Å². The Bertz CT molecular complexity index is 419. The van der Waals surface area contributed by atoms with Crippen LogP contribution in [0.25, 0.3) is 0 Å². The minimum atomic E-state index is -0.460. The number of aromatic nitrogens is 3. The van der Waals surface area contributed by atoms with Gasteiger partial charge in [-0.15, -0.1) is 0 Å². The Balaban J connectivity index is 2.62. The molecule has 0 saturated heterocycles. The molecule has 1 heterocycles. The first-order valence-corrected chi connectivity index (χ1v) is 6.56. The van der Waals surface area contributed by atoms with Gasteiger partial charge in [-0.3, -0.25) is 0 Å². The van der Waals surface area contributed by atoms with Crippen LogP contribution < -0.4 is 10.2 Å². The van der Waals surface area contributed by atoms with Crippen molar-refractivity contribution in [1.29, 1.82) is 0 Å². The minimum absolute atomic E-state index is 0.0760. The minimum Gasteiger partial charge on any atom is -0.391 e. The Morgan fingerprint density at radius 3 is 2.42 bits per heavy atom. The summed E-state index contributed by atoms with van der Waals surface area (Å²) in [6.45, 7) is 6.63. The van der Waals surface area contributed by atoms with Crippen molar-refractivity contribution < 1.29 is 5.11 Å². The van der Waals surface area contributed by atoms with Crippen molar-refractivity contribution in [3.63, 3.8) is 0 Å². The molecule has 19 heavy (non-hydrogen) atoms. The van der Waals surface area contributed by atoms with Crippen LogP contribution in [0, 0.1) is 5.41 Å². The molecule has 0 aliphatic rings. The van der Waals surface area contributed by atoms with E-state index in [4.69, 9.17) is 11.6 Å². The lowest BCUT2D eigenvalue weighted by molar-refractivity contribution is 0.132. The molecular formula is C12H22ClN5O. The molecule has 1 atom stereocenters. The number of nitrogens with zero attached hydrogens (tertiary/aromatic N) is 4. The zero-order valence-corrected chi connectivity index (χ0v) is 12.9. The van der Waals surface area contributed by atoms with Gasteiger partial charge >= 0.3 is 0 Å². The number of aliphatic hydroxyl groups excluding tert-OH is 1. The van der Waals surface area contributed by atoms with Crippen molar-refractivity contribution >= 4 is 23.5 Å². The van der Waals surface area contributed by atoms with Crippen LogP contribution in [0.15, 0.2) is 0 Å². The largest absolute Gasteiger partial charge is 0.391 e. The van der Waals surface area contributed by atoms with Gasteiger partial charge in [0, 0.05) is 20.6 Å². The smallest absolute Gasteiger partial charge is 0.230 e. The van der Waals surface area contributed by atoms with E-state index < -0.39 is 6.10 Å². The molecule has 1 aromatic rings. The number of aliphatic hydroxyl groups is 1.